The molecule has 0 spiro atoms. The predicted octanol–water partition coefficient (Wildman–Crippen LogP) is -0.507. The molecule has 0 aliphatic rings. The van der Waals surface area contributed by atoms with Gasteiger partial charge in [0.15, 0.2) is 0 Å². The average Bonchev–Trinajstić information content (AvgIpc) is 2.02. The Morgan fingerprint density at radius 3 is 2.46 bits per heavy atom. The minimum Gasteiger partial charge on any atom is -0.382 e. The van der Waals surface area contributed by atoms with Crippen LogP contribution >= 0.6 is 0 Å². The zero-order valence-corrected chi connectivity index (χ0v) is 7.32. The highest BCUT2D eigenvalue weighted by molar-refractivity contribution is 5.99. The van der Waals surface area contributed by atoms with Gasteiger partial charge in [-0.3, -0.25) is 9.78 Å². The minimum absolute atomic E-state index is 0.132. The van der Waals surface area contributed by atoms with Crippen molar-refractivity contribution in [2.75, 3.05) is 12.4 Å². The van der Waals surface area contributed by atoms with Crippen molar-refractivity contribution in [2.45, 2.75) is 6.92 Å². The molecule has 1 aromatic rings. The smallest absolute Gasteiger partial charge is 0.326 e. The molecule has 13 heavy (non-hydrogen) atoms. The molecule has 1 heterocycles. The Kier molecular flexibility index (Phi) is 2.32. The number of hydrogen-bond donors (Lipinski definition) is 4. The van der Waals surface area contributed by atoms with E-state index in [4.69, 9.17) is 5.41 Å². The zero-order valence-electron chi connectivity index (χ0n) is 7.32. The first kappa shape index (κ1) is 9.24. The van der Waals surface area contributed by atoms with E-state index in [-0.39, 0.29) is 17.1 Å². The summed E-state index contributed by atoms with van der Waals surface area (Å²) in [6.45, 7) is 1.49. The van der Waals surface area contributed by atoms with Crippen molar-refractivity contribution in [3.05, 3.63) is 26.5 Å². The van der Waals surface area contributed by atoms with Crippen molar-refractivity contribution in [1.29, 1.82) is 5.41 Å². The Labute approximate surface area is 73.5 Å². The van der Waals surface area contributed by atoms with E-state index in [1.165, 1.54) is 6.92 Å². The standard InChI is InChI=1S/C7H10N4O2/c1-3(8)4-5(9-2)6(12)11-7(13)10-4/h8-9H,1-2H3,(H2,10,11,12,13). The lowest BCUT2D eigenvalue weighted by molar-refractivity contribution is 1.02. The maximum atomic E-state index is 11.2. The Balaban J connectivity index is 3.57. The van der Waals surface area contributed by atoms with Crippen LogP contribution in [0.1, 0.15) is 12.6 Å². The number of hydrogen-bond acceptors (Lipinski definition) is 4. The van der Waals surface area contributed by atoms with Gasteiger partial charge in [-0.2, -0.15) is 0 Å². The molecular formula is C7H10N4O2. The van der Waals surface area contributed by atoms with Crippen LogP contribution in [0.15, 0.2) is 9.59 Å². The van der Waals surface area contributed by atoms with Crippen molar-refractivity contribution in [2.24, 2.45) is 0 Å². The van der Waals surface area contributed by atoms with E-state index in [0.717, 1.165) is 0 Å². The van der Waals surface area contributed by atoms with Gasteiger partial charge in [-0.25, -0.2) is 4.79 Å². The molecule has 0 aliphatic carbocycles. The first-order valence-corrected chi connectivity index (χ1v) is 3.66. The van der Waals surface area contributed by atoms with Crippen molar-refractivity contribution < 1.29 is 0 Å². The molecule has 0 atom stereocenters. The maximum Gasteiger partial charge on any atom is 0.326 e. The van der Waals surface area contributed by atoms with Crippen LogP contribution in [-0.4, -0.2) is 22.7 Å². The number of anilines is 1. The van der Waals surface area contributed by atoms with E-state index >= 15 is 0 Å². The maximum absolute atomic E-state index is 11.2. The van der Waals surface area contributed by atoms with Gasteiger partial charge in [0, 0.05) is 7.05 Å². The van der Waals surface area contributed by atoms with Crippen LogP contribution in [0.4, 0.5) is 5.69 Å². The predicted molar refractivity (Wildman–Crippen MR) is 49.7 cm³/mol. The van der Waals surface area contributed by atoms with E-state index in [2.05, 4.69) is 15.3 Å². The molecule has 0 bridgehead atoms. The van der Waals surface area contributed by atoms with Gasteiger partial charge in [-0.05, 0) is 6.92 Å². The molecule has 0 fully saturated rings. The average molecular weight is 182 g/mol. The Bertz CT molecular complexity index is 443. The molecule has 0 unspecified atom stereocenters. The quantitative estimate of drug-likeness (QED) is 0.463. The largest absolute Gasteiger partial charge is 0.382 e. The van der Waals surface area contributed by atoms with Gasteiger partial charge in [-0.1, -0.05) is 0 Å². The van der Waals surface area contributed by atoms with Crippen LogP contribution in [0, 0.1) is 5.41 Å². The summed E-state index contributed by atoms with van der Waals surface area (Å²) in [7, 11) is 1.55. The second kappa shape index (κ2) is 3.26. The normalized spacial score (nSPS) is 9.69. The second-order valence-corrected chi connectivity index (χ2v) is 2.53. The van der Waals surface area contributed by atoms with Crippen molar-refractivity contribution in [3.8, 4) is 0 Å². The first-order chi connectivity index (χ1) is 6.06. The van der Waals surface area contributed by atoms with Crippen LogP contribution in [0.3, 0.4) is 0 Å². The summed E-state index contributed by atoms with van der Waals surface area (Å²) >= 11 is 0. The summed E-state index contributed by atoms with van der Waals surface area (Å²) in [5.74, 6) is 0. The number of aromatic amines is 2. The molecule has 1 aromatic heterocycles. The minimum atomic E-state index is -0.606. The SMILES string of the molecule is CNc1c(C(C)=N)[nH]c(=O)[nH]c1=O. The first-order valence-electron chi connectivity index (χ1n) is 3.66. The molecule has 0 saturated carbocycles. The lowest BCUT2D eigenvalue weighted by Gasteiger charge is -2.04. The van der Waals surface area contributed by atoms with Gasteiger partial charge in [0.05, 0.1) is 11.4 Å². The lowest BCUT2D eigenvalue weighted by atomic mass is 10.2. The molecule has 70 valence electrons. The van der Waals surface area contributed by atoms with Crippen LogP contribution < -0.4 is 16.6 Å². The van der Waals surface area contributed by atoms with E-state index in [9.17, 15) is 9.59 Å². The van der Waals surface area contributed by atoms with E-state index in [1.807, 2.05) is 0 Å². The number of rotatable bonds is 2. The lowest BCUT2D eigenvalue weighted by Crippen LogP contribution is -2.28. The molecule has 0 saturated heterocycles. The van der Waals surface area contributed by atoms with Gasteiger partial charge in [0.25, 0.3) is 5.56 Å². The van der Waals surface area contributed by atoms with Crippen molar-refractivity contribution in [1.82, 2.24) is 9.97 Å². The number of H-pyrrole nitrogens is 2. The van der Waals surface area contributed by atoms with Crippen LogP contribution in [-0.2, 0) is 0 Å². The molecular weight excluding hydrogens is 172 g/mol. The number of aromatic nitrogens is 2. The van der Waals surface area contributed by atoms with Crippen molar-refractivity contribution >= 4 is 11.4 Å². The second-order valence-electron chi connectivity index (χ2n) is 2.53. The highest BCUT2D eigenvalue weighted by Gasteiger charge is 2.08. The van der Waals surface area contributed by atoms with Crippen LogP contribution in [0.25, 0.3) is 0 Å². The summed E-state index contributed by atoms with van der Waals surface area (Å²) in [4.78, 5) is 26.4. The van der Waals surface area contributed by atoms with Gasteiger partial charge in [0.1, 0.15) is 5.69 Å². The molecule has 0 aliphatic heterocycles. The van der Waals surface area contributed by atoms with E-state index in [1.54, 1.807) is 7.05 Å². The van der Waals surface area contributed by atoms with Gasteiger partial charge < -0.3 is 15.7 Å². The third kappa shape index (κ3) is 1.66. The van der Waals surface area contributed by atoms with Crippen molar-refractivity contribution in [3.63, 3.8) is 0 Å². The monoisotopic (exact) mass is 182 g/mol. The molecule has 4 N–H and O–H groups in total. The summed E-state index contributed by atoms with van der Waals surface area (Å²) in [5.41, 5.74) is -0.575. The van der Waals surface area contributed by atoms with Gasteiger partial charge >= 0.3 is 5.69 Å². The third-order valence-corrected chi connectivity index (χ3v) is 1.57. The summed E-state index contributed by atoms with van der Waals surface area (Å²) < 4.78 is 0. The van der Waals surface area contributed by atoms with Gasteiger partial charge in [-0.15, -0.1) is 0 Å². The highest BCUT2D eigenvalue weighted by Crippen LogP contribution is 2.02. The topological polar surface area (TPSA) is 102 Å². The Morgan fingerprint density at radius 2 is 2.00 bits per heavy atom. The summed E-state index contributed by atoms with van der Waals surface area (Å²) in [6.07, 6.45) is 0. The molecule has 0 amide bonds. The molecule has 1 rings (SSSR count). The Hall–Kier alpha value is -1.85. The Morgan fingerprint density at radius 1 is 1.38 bits per heavy atom. The molecule has 0 aromatic carbocycles. The van der Waals surface area contributed by atoms with E-state index in [0.29, 0.717) is 0 Å². The molecule has 6 heteroatoms. The molecule has 6 nitrogen and oxygen atoms in total. The molecule has 0 radical (unpaired) electrons. The third-order valence-electron chi connectivity index (χ3n) is 1.57. The summed E-state index contributed by atoms with van der Waals surface area (Å²) in [6, 6.07) is 0. The van der Waals surface area contributed by atoms with E-state index < -0.39 is 11.2 Å². The number of nitrogens with one attached hydrogen (secondary N) is 4. The highest BCUT2D eigenvalue weighted by atomic mass is 16.2. The zero-order chi connectivity index (χ0) is 10.0. The van der Waals surface area contributed by atoms with Crippen LogP contribution in [0.2, 0.25) is 0 Å². The fourth-order valence-corrected chi connectivity index (χ4v) is 1.01. The van der Waals surface area contributed by atoms with Crippen LogP contribution in [0.5, 0.6) is 0 Å². The fourth-order valence-electron chi connectivity index (χ4n) is 1.01. The van der Waals surface area contributed by atoms with Gasteiger partial charge in [0.2, 0.25) is 0 Å². The fraction of sp³-hybridized carbons (Fsp3) is 0.286. The summed E-state index contributed by atoms with van der Waals surface area (Å²) in [5, 5.41) is 9.93.